The number of hydrogen-bond donors (Lipinski definition) is 3. The summed E-state index contributed by atoms with van der Waals surface area (Å²) in [5.41, 5.74) is 13.3. The summed E-state index contributed by atoms with van der Waals surface area (Å²) < 4.78 is 14.2. The Balaban J connectivity index is 2.49. The van der Waals surface area contributed by atoms with Crippen LogP contribution in [0.5, 0.6) is 0 Å². The van der Waals surface area contributed by atoms with Crippen molar-refractivity contribution in [1.29, 1.82) is 0 Å². The number of anilines is 1. The number of halogens is 2. The van der Waals surface area contributed by atoms with Crippen molar-refractivity contribution in [1.82, 2.24) is 4.98 Å². The standard InChI is InChI=1S/C12H11FIN3/c13-9-4-2-1-3-8(9)10-5-7(6-11(14)15)12(16)17-10/h1-6,17H,15-16H2/b11-6-. The van der Waals surface area contributed by atoms with Crippen molar-refractivity contribution >= 4 is 34.5 Å². The zero-order valence-corrected chi connectivity index (χ0v) is 11.0. The lowest BCUT2D eigenvalue weighted by Gasteiger charge is -1.98. The van der Waals surface area contributed by atoms with Crippen LogP contribution in [-0.4, -0.2) is 4.98 Å². The maximum atomic E-state index is 13.6. The molecular formula is C12H11FIN3. The minimum atomic E-state index is -0.285. The van der Waals surface area contributed by atoms with Gasteiger partial charge in [-0.1, -0.05) is 12.1 Å². The number of nitrogen functional groups attached to an aromatic ring is 1. The van der Waals surface area contributed by atoms with E-state index in [1.807, 2.05) is 22.6 Å². The van der Waals surface area contributed by atoms with E-state index in [-0.39, 0.29) is 5.82 Å². The van der Waals surface area contributed by atoms with Crippen LogP contribution in [0.2, 0.25) is 0 Å². The number of H-pyrrole nitrogens is 1. The van der Waals surface area contributed by atoms with E-state index in [2.05, 4.69) is 4.98 Å². The number of nitrogens with one attached hydrogen (secondary N) is 1. The second kappa shape index (κ2) is 4.79. The fourth-order valence-electron chi connectivity index (χ4n) is 1.58. The van der Waals surface area contributed by atoms with E-state index in [1.54, 1.807) is 30.3 Å². The summed E-state index contributed by atoms with van der Waals surface area (Å²) in [5, 5.41) is 0. The average molecular weight is 343 g/mol. The van der Waals surface area contributed by atoms with Gasteiger partial charge in [0, 0.05) is 11.1 Å². The molecular weight excluding hydrogens is 332 g/mol. The van der Waals surface area contributed by atoms with Crippen molar-refractivity contribution in [3.63, 3.8) is 0 Å². The third-order valence-corrected chi connectivity index (χ3v) is 2.65. The van der Waals surface area contributed by atoms with Gasteiger partial charge in [-0.05, 0) is 46.9 Å². The van der Waals surface area contributed by atoms with E-state index in [1.165, 1.54) is 6.07 Å². The molecule has 0 saturated carbocycles. The molecule has 0 fully saturated rings. The molecule has 0 bridgehead atoms. The first-order valence-corrected chi connectivity index (χ1v) is 6.02. The van der Waals surface area contributed by atoms with Gasteiger partial charge < -0.3 is 16.5 Å². The first-order chi connectivity index (χ1) is 8.08. The Kier molecular flexibility index (Phi) is 3.37. The molecule has 0 amide bonds. The van der Waals surface area contributed by atoms with E-state index in [9.17, 15) is 4.39 Å². The highest BCUT2D eigenvalue weighted by Crippen LogP contribution is 2.27. The number of hydrogen-bond acceptors (Lipinski definition) is 2. The number of aromatic nitrogens is 1. The van der Waals surface area contributed by atoms with Gasteiger partial charge in [0.05, 0.1) is 9.40 Å². The molecule has 0 saturated heterocycles. The van der Waals surface area contributed by atoms with Gasteiger partial charge in [-0.15, -0.1) is 0 Å². The SMILES string of the molecule is N/C(I)=C\c1cc(-c2ccccc2F)[nH]c1N. The molecule has 1 aromatic heterocycles. The normalized spacial score (nSPS) is 11.8. The van der Waals surface area contributed by atoms with Crippen LogP contribution in [0.4, 0.5) is 10.2 Å². The minimum absolute atomic E-state index is 0.285. The average Bonchev–Trinajstić information content (AvgIpc) is 2.60. The van der Waals surface area contributed by atoms with Gasteiger partial charge in [-0.3, -0.25) is 0 Å². The van der Waals surface area contributed by atoms with Gasteiger partial charge in [0.25, 0.3) is 0 Å². The van der Waals surface area contributed by atoms with Gasteiger partial charge in [-0.25, -0.2) is 4.39 Å². The molecule has 1 heterocycles. The molecule has 17 heavy (non-hydrogen) atoms. The van der Waals surface area contributed by atoms with Crippen molar-refractivity contribution < 1.29 is 4.39 Å². The lowest BCUT2D eigenvalue weighted by Crippen LogP contribution is -1.89. The topological polar surface area (TPSA) is 67.8 Å². The first-order valence-electron chi connectivity index (χ1n) is 4.94. The highest BCUT2D eigenvalue weighted by molar-refractivity contribution is 14.1. The molecule has 2 aromatic rings. The first kappa shape index (κ1) is 12.0. The predicted octanol–water partition coefficient (Wildman–Crippen LogP) is 3.10. The smallest absolute Gasteiger partial charge is 0.132 e. The Hall–Kier alpha value is -1.50. The Morgan fingerprint density at radius 1 is 1.35 bits per heavy atom. The fraction of sp³-hybridized carbons (Fsp3) is 0. The number of rotatable bonds is 2. The fourth-order valence-corrected chi connectivity index (χ4v) is 1.91. The Bertz CT molecular complexity index is 571. The molecule has 0 aliphatic heterocycles. The monoisotopic (exact) mass is 343 g/mol. The van der Waals surface area contributed by atoms with Crippen molar-refractivity contribution in [3.8, 4) is 11.3 Å². The predicted molar refractivity (Wildman–Crippen MR) is 76.8 cm³/mol. The zero-order chi connectivity index (χ0) is 12.4. The van der Waals surface area contributed by atoms with Crippen LogP contribution in [0.3, 0.4) is 0 Å². The Labute approximate surface area is 112 Å². The largest absolute Gasteiger partial charge is 0.394 e. The summed E-state index contributed by atoms with van der Waals surface area (Å²) in [6.45, 7) is 0. The molecule has 0 spiro atoms. The van der Waals surface area contributed by atoms with Crippen LogP contribution in [0.15, 0.2) is 34.0 Å². The maximum Gasteiger partial charge on any atom is 0.132 e. The molecule has 0 atom stereocenters. The van der Waals surface area contributed by atoms with Gasteiger partial charge >= 0.3 is 0 Å². The molecule has 1 aromatic carbocycles. The van der Waals surface area contributed by atoms with Crippen molar-refractivity contribution in [2.24, 2.45) is 5.73 Å². The van der Waals surface area contributed by atoms with Crippen molar-refractivity contribution in [2.45, 2.75) is 0 Å². The van der Waals surface area contributed by atoms with Crippen LogP contribution >= 0.6 is 22.6 Å². The molecule has 0 unspecified atom stereocenters. The third kappa shape index (κ3) is 2.60. The van der Waals surface area contributed by atoms with E-state index in [0.717, 1.165) is 5.56 Å². The summed E-state index contributed by atoms with van der Waals surface area (Å²) in [6, 6.07) is 8.31. The summed E-state index contributed by atoms with van der Waals surface area (Å²) in [4.78, 5) is 2.94. The molecule has 0 aliphatic rings. The highest BCUT2D eigenvalue weighted by Gasteiger charge is 2.09. The van der Waals surface area contributed by atoms with Gasteiger partial charge in [0.2, 0.25) is 0 Å². The van der Waals surface area contributed by atoms with E-state index in [0.29, 0.717) is 20.8 Å². The van der Waals surface area contributed by atoms with Crippen LogP contribution < -0.4 is 11.5 Å². The van der Waals surface area contributed by atoms with E-state index in [4.69, 9.17) is 11.5 Å². The molecule has 5 N–H and O–H groups in total. The zero-order valence-electron chi connectivity index (χ0n) is 8.87. The van der Waals surface area contributed by atoms with Crippen molar-refractivity contribution in [3.05, 3.63) is 45.4 Å². The van der Waals surface area contributed by atoms with Gasteiger partial charge in [-0.2, -0.15) is 0 Å². The molecule has 88 valence electrons. The molecule has 0 aliphatic carbocycles. The quantitative estimate of drug-likeness (QED) is 0.579. The second-order valence-corrected chi connectivity index (χ2v) is 4.81. The van der Waals surface area contributed by atoms with Gasteiger partial charge in [0.15, 0.2) is 0 Å². The molecule has 3 nitrogen and oxygen atoms in total. The van der Waals surface area contributed by atoms with Crippen LogP contribution in [0.1, 0.15) is 5.56 Å². The van der Waals surface area contributed by atoms with Crippen LogP contribution in [-0.2, 0) is 0 Å². The number of benzene rings is 1. The second-order valence-electron chi connectivity index (χ2n) is 3.56. The minimum Gasteiger partial charge on any atom is -0.394 e. The van der Waals surface area contributed by atoms with E-state index >= 15 is 0 Å². The summed E-state index contributed by atoms with van der Waals surface area (Å²) >= 11 is 1.99. The molecule has 2 rings (SSSR count). The summed E-state index contributed by atoms with van der Waals surface area (Å²) in [6.07, 6.45) is 1.73. The molecule has 5 heteroatoms. The van der Waals surface area contributed by atoms with Crippen LogP contribution in [0, 0.1) is 5.82 Å². The highest BCUT2D eigenvalue weighted by atomic mass is 127. The van der Waals surface area contributed by atoms with E-state index < -0.39 is 0 Å². The lowest BCUT2D eigenvalue weighted by molar-refractivity contribution is 0.631. The number of aromatic amines is 1. The maximum absolute atomic E-state index is 13.6. The molecule has 0 radical (unpaired) electrons. The third-order valence-electron chi connectivity index (χ3n) is 2.34. The number of nitrogens with two attached hydrogens (primary N) is 2. The Morgan fingerprint density at radius 2 is 2.06 bits per heavy atom. The summed E-state index contributed by atoms with van der Waals surface area (Å²) in [5.74, 6) is 0.189. The lowest BCUT2D eigenvalue weighted by atomic mass is 10.1. The summed E-state index contributed by atoms with van der Waals surface area (Å²) in [7, 11) is 0. The van der Waals surface area contributed by atoms with Gasteiger partial charge in [0.1, 0.15) is 11.6 Å². The van der Waals surface area contributed by atoms with Crippen LogP contribution in [0.25, 0.3) is 17.3 Å². The Morgan fingerprint density at radius 3 is 2.71 bits per heavy atom. The van der Waals surface area contributed by atoms with Crippen molar-refractivity contribution in [2.75, 3.05) is 5.73 Å².